The second kappa shape index (κ2) is 2.67. The monoisotopic (exact) mass is 146 g/mol. The first-order valence-electron chi connectivity index (χ1n) is 4.08. The van der Waals surface area contributed by atoms with Gasteiger partial charge < -0.3 is 0 Å². The maximum absolute atomic E-state index is 4.33. The maximum atomic E-state index is 4.33. The molecule has 1 nitrogen and oxygen atoms in total. The van der Waals surface area contributed by atoms with Crippen molar-refractivity contribution in [3.05, 3.63) is 35.4 Å². The lowest BCUT2D eigenvalue weighted by Gasteiger charge is -2.06. The third-order valence-corrected chi connectivity index (χ3v) is 2.41. The Bertz CT molecular complexity index is 255. The van der Waals surface area contributed by atoms with Crippen LogP contribution in [0.15, 0.2) is 24.3 Å². The van der Waals surface area contributed by atoms with Crippen LogP contribution in [0.4, 0.5) is 0 Å². The summed E-state index contributed by atoms with van der Waals surface area (Å²) in [6.45, 7) is 0. The van der Waals surface area contributed by atoms with Crippen molar-refractivity contribution in [1.82, 2.24) is 5.32 Å². The Morgan fingerprint density at radius 1 is 1.36 bits per heavy atom. The Balaban J connectivity index is 2.39. The summed E-state index contributed by atoms with van der Waals surface area (Å²) in [6, 6.07) is 9.09. The van der Waals surface area contributed by atoms with E-state index in [4.69, 9.17) is 0 Å². The Labute approximate surface area is 67.4 Å². The summed E-state index contributed by atoms with van der Waals surface area (Å²) in [5, 5.41) is 4.33. The summed E-state index contributed by atoms with van der Waals surface area (Å²) in [5.74, 6) is 0. The van der Waals surface area contributed by atoms with Crippen molar-refractivity contribution < 1.29 is 0 Å². The van der Waals surface area contributed by atoms with Crippen molar-refractivity contribution in [1.29, 1.82) is 0 Å². The summed E-state index contributed by atoms with van der Waals surface area (Å²) < 4.78 is 0. The van der Waals surface area contributed by atoms with Gasteiger partial charge in [-0.3, -0.25) is 0 Å². The molecule has 0 spiro atoms. The Morgan fingerprint density at radius 3 is 3.00 bits per heavy atom. The van der Waals surface area contributed by atoms with Crippen LogP contribution in [0.5, 0.6) is 0 Å². The molecule has 0 aromatic heterocycles. The van der Waals surface area contributed by atoms with E-state index in [1.54, 1.807) is 0 Å². The number of hydrogen-bond donors (Lipinski definition) is 0. The Morgan fingerprint density at radius 2 is 2.18 bits per heavy atom. The number of hydrogen-bond acceptors (Lipinski definition) is 0. The van der Waals surface area contributed by atoms with E-state index in [0.717, 1.165) is 0 Å². The second-order valence-electron chi connectivity index (χ2n) is 3.01. The highest BCUT2D eigenvalue weighted by molar-refractivity contribution is 5.34. The molecule has 0 amide bonds. The molecule has 1 aromatic carbocycles. The standard InChI is InChI=1S/C10H12N/c1-11-10-7-6-8-4-2-3-5-9(8)10/h2-5,10H,6-7H2,1H3/t10-/m1/s1. The van der Waals surface area contributed by atoms with Crippen molar-refractivity contribution in [2.45, 2.75) is 18.9 Å². The molecule has 1 atom stereocenters. The van der Waals surface area contributed by atoms with E-state index in [1.807, 2.05) is 7.05 Å². The molecule has 0 saturated heterocycles. The van der Waals surface area contributed by atoms with Crippen molar-refractivity contribution >= 4 is 0 Å². The van der Waals surface area contributed by atoms with Gasteiger partial charge in [0.15, 0.2) is 0 Å². The second-order valence-corrected chi connectivity index (χ2v) is 3.01. The van der Waals surface area contributed by atoms with Crippen LogP contribution in [0, 0.1) is 0 Å². The first-order chi connectivity index (χ1) is 5.42. The molecule has 57 valence electrons. The summed E-state index contributed by atoms with van der Waals surface area (Å²) in [7, 11) is 1.91. The van der Waals surface area contributed by atoms with Gasteiger partial charge in [-0.25, -0.2) is 5.32 Å². The van der Waals surface area contributed by atoms with Gasteiger partial charge >= 0.3 is 0 Å². The molecule has 1 radical (unpaired) electrons. The van der Waals surface area contributed by atoms with Gasteiger partial charge in [0, 0.05) is 13.1 Å². The van der Waals surface area contributed by atoms with Crippen LogP contribution >= 0.6 is 0 Å². The third-order valence-electron chi connectivity index (χ3n) is 2.41. The quantitative estimate of drug-likeness (QED) is 0.574. The highest BCUT2D eigenvalue weighted by atomic mass is 14.9. The third kappa shape index (κ3) is 1.05. The van der Waals surface area contributed by atoms with Gasteiger partial charge in [-0.2, -0.15) is 0 Å². The van der Waals surface area contributed by atoms with Gasteiger partial charge in [-0.1, -0.05) is 24.3 Å². The van der Waals surface area contributed by atoms with Gasteiger partial charge in [0.1, 0.15) is 0 Å². The molecule has 1 heteroatoms. The minimum atomic E-state index is 0.478. The SMILES string of the molecule is C[N][C@@H]1CCc2ccccc21. The molecule has 2 rings (SSSR count). The minimum absolute atomic E-state index is 0.478. The van der Waals surface area contributed by atoms with Crippen LogP contribution in [0.3, 0.4) is 0 Å². The van der Waals surface area contributed by atoms with Crippen LogP contribution in [0.25, 0.3) is 0 Å². The van der Waals surface area contributed by atoms with Crippen LogP contribution < -0.4 is 5.32 Å². The predicted molar refractivity (Wildman–Crippen MR) is 45.6 cm³/mol. The number of fused-ring (bicyclic) bond motifs is 1. The largest absolute Gasteiger partial charge is 0.237 e. The number of rotatable bonds is 1. The molecule has 1 aliphatic carbocycles. The van der Waals surface area contributed by atoms with Crippen molar-refractivity contribution in [2.24, 2.45) is 0 Å². The first kappa shape index (κ1) is 6.86. The molecule has 0 heterocycles. The molecule has 0 aliphatic heterocycles. The molecule has 1 aromatic rings. The zero-order valence-electron chi connectivity index (χ0n) is 6.75. The van der Waals surface area contributed by atoms with Crippen molar-refractivity contribution in [3.8, 4) is 0 Å². The lowest BCUT2D eigenvalue weighted by Crippen LogP contribution is -2.04. The van der Waals surface area contributed by atoms with Gasteiger partial charge in [0.2, 0.25) is 0 Å². The average Bonchev–Trinajstić information content (AvgIpc) is 2.47. The fourth-order valence-electron chi connectivity index (χ4n) is 1.80. The zero-order chi connectivity index (χ0) is 7.68. The van der Waals surface area contributed by atoms with E-state index < -0.39 is 0 Å². The zero-order valence-corrected chi connectivity index (χ0v) is 6.75. The molecule has 0 bridgehead atoms. The summed E-state index contributed by atoms with van der Waals surface area (Å²) >= 11 is 0. The Kier molecular flexibility index (Phi) is 1.66. The van der Waals surface area contributed by atoms with Crippen molar-refractivity contribution in [2.75, 3.05) is 7.05 Å². The van der Waals surface area contributed by atoms with Gasteiger partial charge in [-0.15, -0.1) is 0 Å². The maximum Gasteiger partial charge on any atom is 0.0498 e. The molecular formula is C10H12N. The van der Waals surface area contributed by atoms with Gasteiger partial charge in [0.05, 0.1) is 0 Å². The minimum Gasteiger partial charge on any atom is -0.237 e. The predicted octanol–water partition coefficient (Wildman–Crippen LogP) is 1.91. The van der Waals surface area contributed by atoms with E-state index >= 15 is 0 Å². The van der Waals surface area contributed by atoms with Gasteiger partial charge in [0.25, 0.3) is 0 Å². The fourth-order valence-corrected chi connectivity index (χ4v) is 1.80. The lowest BCUT2D eigenvalue weighted by molar-refractivity contribution is 0.579. The highest BCUT2D eigenvalue weighted by Gasteiger charge is 2.20. The smallest absolute Gasteiger partial charge is 0.0498 e. The lowest BCUT2D eigenvalue weighted by atomic mass is 10.1. The molecule has 0 N–H and O–H groups in total. The first-order valence-corrected chi connectivity index (χ1v) is 4.08. The van der Waals surface area contributed by atoms with Crippen LogP contribution in [0.1, 0.15) is 23.6 Å². The summed E-state index contributed by atoms with van der Waals surface area (Å²) in [4.78, 5) is 0. The van der Waals surface area contributed by atoms with Crippen LogP contribution in [-0.2, 0) is 6.42 Å². The molecule has 11 heavy (non-hydrogen) atoms. The number of nitrogens with zero attached hydrogens (tertiary/aromatic N) is 1. The molecule has 1 aliphatic rings. The Hall–Kier alpha value is -0.820. The molecular weight excluding hydrogens is 134 g/mol. The highest BCUT2D eigenvalue weighted by Crippen LogP contribution is 2.30. The number of benzene rings is 1. The van der Waals surface area contributed by atoms with E-state index in [-0.39, 0.29) is 0 Å². The van der Waals surface area contributed by atoms with Crippen LogP contribution in [-0.4, -0.2) is 7.05 Å². The van der Waals surface area contributed by atoms with Gasteiger partial charge in [-0.05, 0) is 24.0 Å². The normalized spacial score (nSPS) is 21.7. The van der Waals surface area contributed by atoms with E-state index in [2.05, 4.69) is 29.6 Å². The average molecular weight is 146 g/mol. The number of aryl methyl sites for hydroxylation is 1. The fraction of sp³-hybridized carbons (Fsp3) is 0.400. The van der Waals surface area contributed by atoms with Crippen molar-refractivity contribution in [3.63, 3.8) is 0 Å². The van der Waals surface area contributed by atoms with Crippen LogP contribution in [0.2, 0.25) is 0 Å². The van der Waals surface area contributed by atoms with E-state index in [0.29, 0.717) is 6.04 Å². The summed E-state index contributed by atoms with van der Waals surface area (Å²) in [6.07, 6.45) is 2.41. The van der Waals surface area contributed by atoms with E-state index in [9.17, 15) is 0 Å². The topological polar surface area (TPSA) is 14.1 Å². The molecule has 0 saturated carbocycles. The molecule has 0 unspecified atom stereocenters. The molecule has 0 fully saturated rings. The van der Waals surface area contributed by atoms with E-state index in [1.165, 1.54) is 24.0 Å². The summed E-state index contributed by atoms with van der Waals surface area (Å²) in [5.41, 5.74) is 2.93.